The zero-order chi connectivity index (χ0) is 21.2. The second-order valence-corrected chi connectivity index (χ2v) is 6.44. The summed E-state index contributed by atoms with van der Waals surface area (Å²) in [6.07, 6.45) is 2.46. The largest absolute Gasteiger partial charge is 0.493 e. The monoisotopic (exact) mass is 397 g/mol. The molecule has 154 valence electrons. The van der Waals surface area contributed by atoms with Crippen molar-refractivity contribution in [1.82, 2.24) is 0 Å². The van der Waals surface area contributed by atoms with Gasteiger partial charge in [0.25, 0.3) is 5.91 Å². The van der Waals surface area contributed by atoms with E-state index in [1.54, 1.807) is 12.1 Å². The number of esters is 1. The quantitative estimate of drug-likeness (QED) is 0.486. The topological polar surface area (TPSA) is 73.9 Å². The number of methoxy groups -OCH3 is 1. The molecule has 0 saturated heterocycles. The lowest BCUT2D eigenvalue weighted by Gasteiger charge is -2.15. The van der Waals surface area contributed by atoms with Crippen molar-refractivity contribution in [3.8, 4) is 11.5 Å². The molecule has 0 bridgehead atoms. The Morgan fingerprint density at radius 1 is 1.10 bits per heavy atom. The van der Waals surface area contributed by atoms with Gasteiger partial charge in [-0.1, -0.05) is 31.2 Å². The summed E-state index contributed by atoms with van der Waals surface area (Å²) in [5, 5.41) is 2.72. The van der Waals surface area contributed by atoms with Crippen LogP contribution in [-0.2, 0) is 27.2 Å². The first kappa shape index (κ1) is 22.0. The molecule has 0 aliphatic carbocycles. The Hall–Kier alpha value is -3.28. The molecule has 2 aromatic rings. The van der Waals surface area contributed by atoms with Crippen LogP contribution >= 0.6 is 0 Å². The molecule has 0 fully saturated rings. The van der Waals surface area contributed by atoms with Gasteiger partial charge >= 0.3 is 5.97 Å². The molecule has 1 atom stereocenters. The van der Waals surface area contributed by atoms with Gasteiger partial charge in [-0.2, -0.15) is 0 Å². The number of ether oxygens (including phenoxy) is 3. The Kier molecular flexibility index (Phi) is 8.27. The van der Waals surface area contributed by atoms with E-state index in [0.717, 1.165) is 12.0 Å². The molecule has 6 heteroatoms. The van der Waals surface area contributed by atoms with Crippen LogP contribution < -0.4 is 14.8 Å². The van der Waals surface area contributed by atoms with Crippen LogP contribution in [0.15, 0.2) is 55.1 Å². The first-order chi connectivity index (χ1) is 14.0. The third kappa shape index (κ3) is 6.68. The lowest BCUT2D eigenvalue weighted by atomic mass is 10.1. The average Bonchev–Trinajstić information content (AvgIpc) is 2.73. The number of aryl methyl sites for hydroxylation is 1. The van der Waals surface area contributed by atoms with Crippen molar-refractivity contribution in [3.05, 3.63) is 66.2 Å². The molecule has 0 spiro atoms. The molecule has 2 aromatic carbocycles. The molecule has 1 N–H and O–H groups in total. The Morgan fingerprint density at radius 3 is 2.41 bits per heavy atom. The van der Waals surface area contributed by atoms with Crippen LogP contribution in [0.3, 0.4) is 0 Å². The summed E-state index contributed by atoms with van der Waals surface area (Å²) in [7, 11) is 1.53. The third-order valence-electron chi connectivity index (χ3n) is 4.26. The second-order valence-electron chi connectivity index (χ2n) is 6.44. The predicted molar refractivity (Wildman–Crippen MR) is 112 cm³/mol. The van der Waals surface area contributed by atoms with Crippen molar-refractivity contribution in [3.63, 3.8) is 0 Å². The minimum atomic E-state index is -0.950. The molecular weight excluding hydrogens is 370 g/mol. The molecule has 0 heterocycles. The van der Waals surface area contributed by atoms with Crippen molar-refractivity contribution >= 4 is 17.6 Å². The maximum Gasteiger partial charge on any atom is 0.344 e. The number of nitrogens with one attached hydrogen (secondary N) is 1. The molecule has 2 rings (SSSR count). The zero-order valence-electron chi connectivity index (χ0n) is 17.1. The minimum absolute atomic E-state index is 0.333. The first-order valence-corrected chi connectivity index (χ1v) is 9.46. The van der Waals surface area contributed by atoms with E-state index < -0.39 is 18.0 Å². The summed E-state index contributed by atoms with van der Waals surface area (Å²) in [6, 6.07) is 12.9. The molecule has 0 aromatic heterocycles. The maximum absolute atomic E-state index is 12.2. The van der Waals surface area contributed by atoms with Crippen LogP contribution in [0, 0.1) is 0 Å². The van der Waals surface area contributed by atoms with E-state index in [4.69, 9.17) is 14.2 Å². The first-order valence-electron chi connectivity index (χ1n) is 9.46. The highest BCUT2D eigenvalue weighted by Crippen LogP contribution is 2.28. The molecule has 1 amide bonds. The second kappa shape index (κ2) is 10.9. The third-order valence-corrected chi connectivity index (χ3v) is 4.26. The van der Waals surface area contributed by atoms with Gasteiger partial charge < -0.3 is 19.5 Å². The van der Waals surface area contributed by atoms with Crippen molar-refractivity contribution in [1.29, 1.82) is 0 Å². The van der Waals surface area contributed by atoms with Gasteiger partial charge in [-0.25, -0.2) is 4.79 Å². The van der Waals surface area contributed by atoms with E-state index in [1.807, 2.05) is 36.4 Å². The van der Waals surface area contributed by atoms with Gasteiger partial charge in [-0.05, 0) is 55.2 Å². The number of carbonyl (C=O) groups excluding carboxylic acids is 2. The SMILES string of the molecule is C=CCc1ccc(OCC(=O)O[C@@H](C)C(=O)Nc2ccc(CC)cc2)c(OC)c1. The minimum Gasteiger partial charge on any atom is -0.493 e. The molecule has 0 radical (unpaired) electrons. The number of allylic oxidation sites excluding steroid dienone is 1. The number of hydrogen-bond acceptors (Lipinski definition) is 5. The van der Waals surface area contributed by atoms with Gasteiger partial charge in [-0.15, -0.1) is 6.58 Å². The van der Waals surface area contributed by atoms with Gasteiger partial charge in [0, 0.05) is 5.69 Å². The molecular formula is C23H27NO5. The van der Waals surface area contributed by atoms with Crippen LogP contribution in [0.5, 0.6) is 11.5 Å². The van der Waals surface area contributed by atoms with Gasteiger partial charge in [0.2, 0.25) is 0 Å². The summed E-state index contributed by atoms with van der Waals surface area (Å²) in [5.74, 6) is -0.121. The van der Waals surface area contributed by atoms with Crippen molar-refractivity contribution in [2.75, 3.05) is 19.0 Å². The average molecular weight is 397 g/mol. The lowest BCUT2D eigenvalue weighted by molar-refractivity contribution is -0.155. The Morgan fingerprint density at radius 2 is 1.79 bits per heavy atom. The smallest absolute Gasteiger partial charge is 0.344 e. The Bertz CT molecular complexity index is 845. The van der Waals surface area contributed by atoms with E-state index in [9.17, 15) is 9.59 Å². The summed E-state index contributed by atoms with van der Waals surface area (Å²) >= 11 is 0. The van der Waals surface area contributed by atoms with E-state index in [1.165, 1.54) is 19.6 Å². The van der Waals surface area contributed by atoms with Crippen LogP contribution in [0.4, 0.5) is 5.69 Å². The number of anilines is 1. The summed E-state index contributed by atoms with van der Waals surface area (Å²) in [5.41, 5.74) is 2.84. The van der Waals surface area contributed by atoms with E-state index >= 15 is 0 Å². The maximum atomic E-state index is 12.2. The van der Waals surface area contributed by atoms with Gasteiger partial charge in [-0.3, -0.25) is 4.79 Å². The van der Waals surface area contributed by atoms with Crippen molar-refractivity contribution < 1.29 is 23.8 Å². The summed E-state index contributed by atoms with van der Waals surface area (Å²) < 4.78 is 15.9. The molecule has 0 unspecified atom stereocenters. The predicted octanol–water partition coefficient (Wildman–Crippen LogP) is 3.94. The van der Waals surface area contributed by atoms with E-state index in [-0.39, 0.29) is 6.61 Å². The number of benzene rings is 2. The molecule has 6 nitrogen and oxygen atoms in total. The van der Waals surface area contributed by atoms with Crippen LogP contribution in [-0.4, -0.2) is 31.7 Å². The fourth-order valence-corrected chi connectivity index (χ4v) is 2.61. The number of rotatable bonds is 10. The van der Waals surface area contributed by atoms with Gasteiger partial charge in [0.1, 0.15) is 0 Å². The fraction of sp³-hybridized carbons (Fsp3) is 0.304. The highest BCUT2D eigenvalue weighted by Gasteiger charge is 2.19. The molecule has 29 heavy (non-hydrogen) atoms. The van der Waals surface area contributed by atoms with E-state index in [0.29, 0.717) is 23.6 Å². The normalized spacial score (nSPS) is 11.3. The van der Waals surface area contributed by atoms with Crippen molar-refractivity contribution in [2.24, 2.45) is 0 Å². The number of carbonyl (C=O) groups is 2. The fourth-order valence-electron chi connectivity index (χ4n) is 2.61. The molecule has 0 saturated carbocycles. The van der Waals surface area contributed by atoms with Gasteiger partial charge in [0.15, 0.2) is 24.2 Å². The van der Waals surface area contributed by atoms with Crippen LogP contribution in [0.1, 0.15) is 25.0 Å². The van der Waals surface area contributed by atoms with Crippen LogP contribution in [0.25, 0.3) is 0 Å². The summed E-state index contributed by atoms with van der Waals surface area (Å²) in [6.45, 7) is 6.94. The number of amides is 1. The standard InChI is InChI=1S/C23H27NO5/c1-5-7-18-10-13-20(21(14-18)27-4)28-15-22(25)29-16(3)23(26)24-19-11-8-17(6-2)9-12-19/h5,8-14,16H,1,6-7,15H2,2-4H3,(H,24,26)/t16-/m0/s1. The van der Waals surface area contributed by atoms with Gasteiger partial charge in [0.05, 0.1) is 7.11 Å². The highest BCUT2D eigenvalue weighted by atomic mass is 16.6. The molecule has 0 aliphatic rings. The lowest BCUT2D eigenvalue weighted by Crippen LogP contribution is -2.31. The highest BCUT2D eigenvalue weighted by molar-refractivity contribution is 5.95. The Labute approximate surface area is 171 Å². The van der Waals surface area contributed by atoms with E-state index in [2.05, 4.69) is 18.8 Å². The molecule has 0 aliphatic heterocycles. The zero-order valence-corrected chi connectivity index (χ0v) is 17.1. The van der Waals surface area contributed by atoms with Crippen molar-refractivity contribution in [2.45, 2.75) is 32.8 Å². The number of hydrogen-bond donors (Lipinski definition) is 1. The Balaban J connectivity index is 1.86. The summed E-state index contributed by atoms with van der Waals surface area (Å²) in [4.78, 5) is 24.3. The van der Waals surface area contributed by atoms with Crippen LogP contribution in [0.2, 0.25) is 0 Å².